The highest BCUT2D eigenvalue weighted by Crippen LogP contribution is 2.27. The molecule has 0 aliphatic carbocycles. The number of hydrogen-bond acceptors (Lipinski definition) is 5. The molecular weight excluding hydrogens is 542 g/mol. The van der Waals surface area contributed by atoms with Crippen LogP contribution in [-0.4, -0.2) is 52.6 Å². The molecule has 43 heavy (non-hydrogen) atoms. The molecule has 2 rings (SSSR count). The summed E-state index contributed by atoms with van der Waals surface area (Å²) in [5, 5.41) is 15.7. The fourth-order valence-electron chi connectivity index (χ4n) is 5.00. The van der Waals surface area contributed by atoms with Crippen LogP contribution in [0.1, 0.15) is 109 Å². The first-order valence-electron chi connectivity index (χ1n) is 15.9. The molecule has 8 nitrogen and oxygen atoms in total. The molecule has 0 saturated heterocycles. The minimum atomic E-state index is -0.991. The van der Waals surface area contributed by atoms with Crippen LogP contribution in [-0.2, 0) is 20.7 Å². The van der Waals surface area contributed by atoms with Crippen molar-refractivity contribution in [3.63, 3.8) is 0 Å². The molecule has 2 aromatic rings. The number of amides is 3. The van der Waals surface area contributed by atoms with E-state index in [-0.39, 0.29) is 24.0 Å². The number of rotatable bonds is 17. The maximum absolute atomic E-state index is 14.6. The summed E-state index contributed by atoms with van der Waals surface area (Å²) in [6, 6.07) is 12.4. The fraction of sp³-hybridized carbons (Fsp3) is 0.571. The van der Waals surface area contributed by atoms with Gasteiger partial charge in [0, 0.05) is 19.5 Å². The maximum atomic E-state index is 14.6. The number of phenols is 1. The van der Waals surface area contributed by atoms with Crippen LogP contribution in [0.3, 0.4) is 0 Å². The van der Waals surface area contributed by atoms with Gasteiger partial charge in [-0.1, -0.05) is 88.8 Å². The first-order chi connectivity index (χ1) is 20.5. The van der Waals surface area contributed by atoms with Crippen molar-refractivity contribution in [3.8, 4) is 5.75 Å². The zero-order valence-corrected chi connectivity index (χ0v) is 27.1. The molecule has 0 saturated carbocycles. The molecule has 2 atom stereocenters. The lowest BCUT2D eigenvalue weighted by molar-refractivity contribution is -0.142. The number of nitrogens with one attached hydrogen (secondary N) is 2. The summed E-state index contributed by atoms with van der Waals surface area (Å²) in [5.74, 6) is -0.473. The number of ether oxygens (including phenoxy) is 1. The SMILES string of the molecule is CCCCCCCN(C(=O)C(Cc1ccc(O)cc1)NC(=O)OC(C)(C)C)C(C(=O)NCCCCC)c1ccccc1C. The standard InChI is InChI=1S/C35H53N3O5/c1-7-9-11-12-16-24-38(31(29-18-14-13-17-26(29)3)32(40)36-23-15-10-8-2)33(41)30(37-34(42)43-35(4,5)6)25-27-19-21-28(39)22-20-27/h13-14,17-22,30-31,39H,7-12,15-16,23-25H2,1-6H3,(H,36,40)(H,37,42). The molecule has 3 amide bonds. The molecule has 0 aliphatic heterocycles. The van der Waals surface area contributed by atoms with E-state index in [0.29, 0.717) is 13.1 Å². The number of carbonyl (C=O) groups is 3. The van der Waals surface area contributed by atoms with E-state index in [0.717, 1.165) is 68.1 Å². The highest BCUT2D eigenvalue weighted by molar-refractivity contribution is 5.92. The van der Waals surface area contributed by atoms with Crippen molar-refractivity contribution in [2.24, 2.45) is 0 Å². The van der Waals surface area contributed by atoms with Crippen molar-refractivity contribution in [2.45, 2.75) is 117 Å². The number of hydrogen-bond donors (Lipinski definition) is 3. The smallest absolute Gasteiger partial charge is 0.408 e. The van der Waals surface area contributed by atoms with Crippen molar-refractivity contribution in [3.05, 3.63) is 65.2 Å². The van der Waals surface area contributed by atoms with Gasteiger partial charge in [-0.3, -0.25) is 9.59 Å². The summed E-state index contributed by atoms with van der Waals surface area (Å²) in [4.78, 5) is 43.1. The van der Waals surface area contributed by atoms with Crippen LogP contribution in [0.15, 0.2) is 48.5 Å². The highest BCUT2D eigenvalue weighted by Gasteiger charge is 2.36. The maximum Gasteiger partial charge on any atom is 0.408 e. The van der Waals surface area contributed by atoms with Crippen LogP contribution in [0.5, 0.6) is 5.75 Å². The lowest BCUT2D eigenvalue weighted by Crippen LogP contribution is -2.54. The van der Waals surface area contributed by atoms with Crippen molar-refractivity contribution < 1.29 is 24.2 Å². The third kappa shape index (κ3) is 12.7. The van der Waals surface area contributed by atoms with Gasteiger partial charge in [0.2, 0.25) is 11.8 Å². The molecule has 2 unspecified atom stereocenters. The quantitative estimate of drug-likeness (QED) is 0.171. The number of unbranched alkanes of at least 4 members (excludes halogenated alkanes) is 6. The molecule has 0 fully saturated rings. The Morgan fingerprint density at radius 2 is 1.51 bits per heavy atom. The summed E-state index contributed by atoms with van der Waals surface area (Å²) >= 11 is 0. The highest BCUT2D eigenvalue weighted by atomic mass is 16.6. The molecule has 3 N–H and O–H groups in total. The van der Waals surface area contributed by atoms with E-state index in [1.807, 2.05) is 31.2 Å². The Labute approximate surface area is 258 Å². The lowest BCUT2D eigenvalue weighted by Gasteiger charge is -2.35. The molecule has 0 heterocycles. The minimum absolute atomic E-state index is 0.111. The van der Waals surface area contributed by atoms with E-state index in [9.17, 15) is 19.5 Å². The van der Waals surface area contributed by atoms with Gasteiger partial charge in [-0.2, -0.15) is 0 Å². The first-order valence-corrected chi connectivity index (χ1v) is 15.9. The predicted molar refractivity (Wildman–Crippen MR) is 172 cm³/mol. The van der Waals surface area contributed by atoms with Gasteiger partial charge in [0.15, 0.2) is 0 Å². The molecule has 8 heteroatoms. The van der Waals surface area contributed by atoms with Crippen molar-refractivity contribution in [1.29, 1.82) is 0 Å². The number of alkyl carbamates (subject to hydrolysis) is 1. The van der Waals surface area contributed by atoms with Gasteiger partial charge in [-0.05, 0) is 69.4 Å². The van der Waals surface area contributed by atoms with Crippen LogP contribution >= 0.6 is 0 Å². The second-order valence-corrected chi connectivity index (χ2v) is 12.3. The third-order valence-electron chi connectivity index (χ3n) is 7.27. The van der Waals surface area contributed by atoms with Crippen LogP contribution < -0.4 is 10.6 Å². The summed E-state index contributed by atoms with van der Waals surface area (Å²) in [6.45, 7) is 12.4. The molecular formula is C35H53N3O5. The number of nitrogens with zero attached hydrogens (tertiary/aromatic N) is 1. The minimum Gasteiger partial charge on any atom is -0.508 e. The van der Waals surface area contributed by atoms with Gasteiger partial charge in [-0.25, -0.2) is 4.79 Å². The molecule has 0 bridgehead atoms. The Hall–Kier alpha value is -3.55. The van der Waals surface area contributed by atoms with E-state index < -0.39 is 23.8 Å². The molecule has 0 radical (unpaired) electrons. The van der Waals surface area contributed by atoms with Gasteiger partial charge < -0.3 is 25.4 Å². The first kappa shape index (κ1) is 35.6. The van der Waals surface area contributed by atoms with Crippen LogP contribution in [0.4, 0.5) is 4.79 Å². The summed E-state index contributed by atoms with van der Waals surface area (Å²) in [5.41, 5.74) is 1.68. The summed E-state index contributed by atoms with van der Waals surface area (Å²) < 4.78 is 5.53. The van der Waals surface area contributed by atoms with Gasteiger partial charge >= 0.3 is 6.09 Å². The fourth-order valence-corrected chi connectivity index (χ4v) is 5.00. The predicted octanol–water partition coefficient (Wildman–Crippen LogP) is 6.98. The molecule has 238 valence electrons. The number of aryl methyl sites for hydroxylation is 1. The second-order valence-electron chi connectivity index (χ2n) is 12.3. The lowest BCUT2D eigenvalue weighted by atomic mass is 9.96. The molecule has 0 aliphatic rings. The van der Waals surface area contributed by atoms with Crippen LogP contribution in [0.2, 0.25) is 0 Å². The third-order valence-corrected chi connectivity index (χ3v) is 7.27. The number of carbonyl (C=O) groups excluding carboxylic acids is 3. The Morgan fingerprint density at radius 3 is 2.14 bits per heavy atom. The summed E-state index contributed by atoms with van der Waals surface area (Å²) in [6.07, 6.45) is 7.28. The zero-order valence-electron chi connectivity index (χ0n) is 27.1. The van der Waals surface area contributed by atoms with Crippen molar-refractivity contribution >= 4 is 17.9 Å². The van der Waals surface area contributed by atoms with Gasteiger partial charge in [-0.15, -0.1) is 0 Å². The van der Waals surface area contributed by atoms with Crippen LogP contribution in [0.25, 0.3) is 0 Å². The van der Waals surface area contributed by atoms with E-state index in [1.165, 1.54) is 0 Å². The Morgan fingerprint density at radius 1 is 0.884 bits per heavy atom. The van der Waals surface area contributed by atoms with Crippen LogP contribution in [0, 0.1) is 6.92 Å². The topological polar surface area (TPSA) is 108 Å². The Bertz CT molecular complexity index is 1140. The van der Waals surface area contributed by atoms with E-state index in [4.69, 9.17) is 4.74 Å². The second kappa shape index (κ2) is 18.2. The number of phenolic OH excluding ortho intramolecular Hbond substituents is 1. The largest absolute Gasteiger partial charge is 0.508 e. The zero-order chi connectivity index (χ0) is 31.8. The molecule has 2 aromatic carbocycles. The monoisotopic (exact) mass is 595 g/mol. The summed E-state index contributed by atoms with van der Waals surface area (Å²) in [7, 11) is 0. The normalized spacial score (nSPS) is 12.7. The van der Waals surface area contributed by atoms with Gasteiger partial charge in [0.05, 0.1) is 0 Å². The average molecular weight is 596 g/mol. The van der Waals surface area contributed by atoms with Crippen molar-refractivity contribution in [2.75, 3.05) is 13.1 Å². The number of aromatic hydroxyl groups is 1. The van der Waals surface area contributed by atoms with E-state index >= 15 is 0 Å². The van der Waals surface area contributed by atoms with E-state index in [1.54, 1.807) is 49.9 Å². The van der Waals surface area contributed by atoms with Gasteiger partial charge in [0.1, 0.15) is 23.4 Å². The van der Waals surface area contributed by atoms with Gasteiger partial charge in [0.25, 0.3) is 0 Å². The van der Waals surface area contributed by atoms with Crippen molar-refractivity contribution in [1.82, 2.24) is 15.5 Å². The molecule has 0 spiro atoms. The number of benzene rings is 2. The Kier molecular flexibility index (Phi) is 15.1. The van der Waals surface area contributed by atoms with E-state index in [2.05, 4.69) is 24.5 Å². The molecule has 0 aromatic heterocycles. The average Bonchev–Trinajstić information content (AvgIpc) is 2.94. The Balaban J connectivity index is 2.53.